The Morgan fingerprint density at radius 3 is 2.58 bits per heavy atom. The maximum absolute atomic E-state index is 12.6. The molecule has 0 bridgehead atoms. The zero-order valence-corrected chi connectivity index (χ0v) is 21.0. The van der Waals surface area contributed by atoms with Crippen LogP contribution in [0.5, 0.6) is 11.5 Å². The minimum absolute atomic E-state index is 0.00841. The number of hydrogen-bond acceptors (Lipinski definition) is 6. The topological polar surface area (TPSA) is 93.9 Å². The third-order valence-corrected chi connectivity index (χ3v) is 6.29. The number of piperidine rings is 1. The first-order valence-corrected chi connectivity index (χ1v) is 12.6. The summed E-state index contributed by atoms with van der Waals surface area (Å²) in [6.07, 6.45) is 3.35. The minimum Gasteiger partial charge on any atom is -0.493 e. The molecule has 0 spiro atoms. The quantitative estimate of drug-likeness (QED) is 0.386. The number of ether oxygens (including phenoxy) is 2. The number of carbonyl (C=O) groups excluding carboxylic acids is 2. The first-order chi connectivity index (χ1) is 17.5. The number of aromatic nitrogens is 1. The number of carbonyl (C=O) groups is 2. The lowest BCUT2D eigenvalue weighted by molar-refractivity contribution is -0.131. The molecule has 0 saturated carbocycles. The fourth-order valence-corrected chi connectivity index (χ4v) is 4.11. The second kappa shape index (κ2) is 12.4. The van der Waals surface area contributed by atoms with Crippen LogP contribution in [0.2, 0.25) is 5.02 Å². The van der Waals surface area contributed by atoms with E-state index in [1.165, 1.54) is 0 Å². The van der Waals surface area contributed by atoms with Gasteiger partial charge in [-0.15, -0.1) is 0 Å². The van der Waals surface area contributed by atoms with Crippen molar-refractivity contribution in [2.75, 3.05) is 26.2 Å². The molecule has 0 unspecified atom stereocenters. The van der Waals surface area contributed by atoms with Crippen molar-refractivity contribution in [2.24, 2.45) is 0 Å². The van der Waals surface area contributed by atoms with E-state index >= 15 is 0 Å². The van der Waals surface area contributed by atoms with Gasteiger partial charge < -0.3 is 24.2 Å². The van der Waals surface area contributed by atoms with E-state index in [2.05, 4.69) is 17.4 Å². The molecule has 1 aromatic heterocycles. The number of benzene rings is 2. The standard InChI is InChI=1S/C27H30ClN3O5/c1-2-3-16-34-23-10-6-4-8-20(23)25-17-22(30-36-25)27(33)29-18-26(32)31-14-12-19(13-15-31)35-24-11-7-5-9-21(24)28/h4-11,17,19H,2-3,12-16,18H2,1H3,(H,29,33). The molecule has 0 aliphatic carbocycles. The molecular formula is C27H30ClN3O5. The SMILES string of the molecule is CCCCOc1ccccc1-c1cc(C(=O)NCC(=O)N2CCC(Oc3ccccc3Cl)CC2)no1. The highest BCUT2D eigenvalue weighted by Crippen LogP contribution is 2.30. The summed E-state index contributed by atoms with van der Waals surface area (Å²) in [6, 6.07) is 16.4. The summed E-state index contributed by atoms with van der Waals surface area (Å²) < 4.78 is 17.2. The van der Waals surface area contributed by atoms with Crippen LogP contribution in [0.4, 0.5) is 0 Å². The molecule has 36 heavy (non-hydrogen) atoms. The molecule has 2 heterocycles. The Morgan fingerprint density at radius 1 is 1.11 bits per heavy atom. The lowest BCUT2D eigenvalue weighted by Gasteiger charge is -2.32. The van der Waals surface area contributed by atoms with Crippen molar-refractivity contribution in [1.82, 2.24) is 15.4 Å². The van der Waals surface area contributed by atoms with Gasteiger partial charge in [-0.25, -0.2) is 0 Å². The number of likely N-dealkylation sites (tertiary alicyclic amines) is 1. The number of amides is 2. The van der Waals surface area contributed by atoms with E-state index in [4.69, 9.17) is 25.6 Å². The lowest BCUT2D eigenvalue weighted by atomic mass is 10.1. The molecule has 0 atom stereocenters. The monoisotopic (exact) mass is 511 g/mol. The number of unbranched alkanes of at least 4 members (excludes halogenated alkanes) is 1. The van der Waals surface area contributed by atoms with E-state index in [-0.39, 0.29) is 24.2 Å². The van der Waals surface area contributed by atoms with Crippen molar-refractivity contribution in [3.63, 3.8) is 0 Å². The number of nitrogens with one attached hydrogen (secondary N) is 1. The van der Waals surface area contributed by atoms with Crippen LogP contribution in [0.15, 0.2) is 59.1 Å². The largest absolute Gasteiger partial charge is 0.493 e. The van der Waals surface area contributed by atoms with Gasteiger partial charge in [0.25, 0.3) is 5.91 Å². The van der Waals surface area contributed by atoms with E-state index in [9.17, 15) is 9.59 Å². The molecule has 1 aliphatic rings. The van der Waals surface area contributed by atoms with E-state index in [0.717, 1.165) is 18.4 Å². The zero-order chi connectivity index (χ0) is 25.3. The summed E-state index contributed by atoms with van der Waals surface area (Å²) >= 11 is 6.17. The van der Waals surface area contributed by atoms with E-state index < -0.39 is 5.91 Å². The third kappa shape index (κ3) is 6.57. The Morgan fingerprint density at radius 2 is 1.83 bits per heavy atom. The molecule has 8 nitrogen and oxygen atoms in total. The predicted octanol–water partition coefficient (Wildman–Crippen LogP) is 4.97. The molecule has 2 amide bonds. The Labute approximate surface area is 215 Å². The summed E-state index contributed by atoms with van der Waals surface area (Å²) in [7, 11) is 0. The van der Waals surface area contributed by atoms with Gasteiger partial charge in [-0.05, 0) is 30.7 Å². The van der Waals surface area contributed by atoms with Gasteiger partial charge >= 0.3 is 0 Å². The van der Waals surface area contributed by atoms with Gasteiger partial charge in [0.2, 0.25) is 5.91 Å². The number of nitrogens with zero attached hydrogens (tertiary/aromatic N) is 2. The highest BCUT2D eigenvalue weighted by Gasteiger charge is 2.25. The zero-order valence-electron chi connectivity index (χ0n) is 20.2. The summed E-state index contributed by atoms with van der Waals surface area (Å²) in [5.41, 5.74) is 0.825. The Balaban J connectivity index is 1.26. The number of halogens is 1. The number of rotatable bonds is 10. The maximum Gasteiger partial charge on any atom is 0.273 e. The van der Waals surface area contributed by atoms with E-state index in [1.807, 2.05) is 42.5 Å². The van der Waals surface area contributed by atoms with Gasteiger partial charge in [0.1, 0.15) is 17.6 Å². The van der Waals surface area contributed by atoms with Crippen LogP contribution in [0, 0.1) is 0 Å². The molecule has 2 aromatic carbocycles. The molecule has 4 rings (SSSR count). The van der Waals surface area contributed by atoms with Crippen LogP contribution >= 0.6 is 11.6 Å². The van der Waals surface area contributed by atoms with Gasteiger partial charge in [0.15, 0.2) is 11.5 Å². The smallest absolute Gasteiger partial charge is 0.273 e. The van der Waals surface area contributed by atoms with Gasteiger partial charge in [-0.1, -0.05) is 54.4 Å². The van der Waals surface area contributed by atoms with E-state index in [0.29, 0.717) is 54.8 Å². The van der Waals surface area contributed by atoms with Crippen molar-refractivity contribution >= 4 is 23.4 Å². The highest BCUT2D eigenvalue weighted by molar-refractivity contribution is 6.32. The lowest BCUT2D eigenvalue weighted by Crippen LogP contribution is -2.46. The van der Waals surface area contributed by atoms with Crippen molar-refractivity contribution in [3.8, 4) is 22.8 Å². The molecular weight excluding hydrogens is 482 g/mol. The number of hydrogen-bond donors (Lipinski definition) is 1. The summed E-state index contributed by atoms with van der Waals surface area (Å²) in [4.78, 5) is 27.0. The Kier molecular flexibility index (Phi) is 8.84. The molecule has 1 aliphatic heterocycles. The van der Waals surface area contributed by atoms with Crippen LogP contribution in [0.1, 0.15) is 43.1 Å². The normalized spacial score (nSPS) is 13.9. The molecule has 1 saturated heterocycles. The molecule has 0 radical (unpaired) electrons. The maximum atomic E-state index is 12.6. The van der Waals surface area contributed by atoms with Gasteiger partial charge in [0.05, 0.1) is 23.7 Å². The summed E-state index contributed by atoms with van der Waals surface area (Å²) in [5, 5.41) is 7.10. The van der Waals surface area contributed by atoms with Gasteiger partial charge in [-0.2, -0.15) is 0 Å². The van der Waals surface area contributed by atoms with Crippen LogP contribution in [0.25, 0.3) is 11.3 Å². The average Bonchev–Trinajstić information content (AvgIpc) is 3.40. The van der Waals surface area contributed by atoms with E-state index in [1.54, 1.807) is 17.0 Å². The highest BCUT2D eigenvalue weighted by atomic mass is 35.5. The van der Waals surface area contributed by atoms with Crippen molar-refractivity contribution in [1.29, 1.82) is 0 Å². The summed E-state index contributed by atoms with van der Waals surface area (Å²) in [6.45, 7) is 3.67. The second-order valence-corrected chi connectivity index (χ2v) is 8.99. The Hall–Kier alpha value is -3.52. The van der Waals surface area contributed by atoms with Gasteiger partial charge in [0, 0.05) is 32.0 Å². The first-order valence-electron chi connectivity index (χ1n) is 12.2. The molecule has 1 N–H and O–H groups in total. The predicted molar refractivity (Wildman–Crippen MR) is 136 cm³/mol. The fourth-order valence-electron chi connectivity index (χ4n) is 3.93. The summed E-state index contributed by atoms with van der Waals surface area (Å²) in [5.74, 6) is 1.13. The van der Waals surface area contributed by atoms with Crippen LogP contribution in [0.3, 0.4) is 0 Å². The molecule has 3 aromatic rings. The van der Waals surface area contributed by atoms with Crippen LogP contribution in [-0.2, 0) is 4.79 Å². The molecule has 1 fully saturated rings. The first kappa shape index (κ1) is 25.6. The minimum atomic E-state index is -0.473. The Bertz CT molecular complexity index is 1170. The molecule has 190 valence electrons. The number of para-hydroxylation sites is 2. The van der Waals surface area contributed by atoms with Gasteiger partial charge in [-0.3, -0.25) is 9.59 Å². The van der Waals surface area contributed by atoms with Crippen molar-refractivity contribution in [2.45, 2.75) is 38.7 Å². The van der Waals surface area contributed by atoms with Crippen LogP contribution in [-0.4, -0.2) is 54.2 Å². The van der Waals surface area contributed by atoms with Crippen molar-refractivity contribution in [3.05, 3.63) is 65.3 Å². The average molecular weight is 512 g/mol. The molecule has 9 heteroatoms. The second-order valence-electron chi connectivity index (χ2n) is 8.59. The van der Waals surface area contributed by atoms with Crippen LogP contribution < -0.4 is 14.8 Å². The van der Waals surface area contributed by atoms with Crippen molar-refractivity contribution < 1.29 is 23.6 Å². The third-order valence-electron chi connectivity index (χ3n) is 5.98. The fraction of sp³-hybridized carbons (Fsp3) is 0.370.